The van der Waals surface area contributed by atoms with Gasteiger partial charge >= 0.3 is 0 Å². The van der Waals surface area contributed by atoms with Crippen LogP contribution in [0.15, 0.2) is 89.4 Å². The Hall–Kier alpha value is -2.65. The zero-order chi connectivity index (χ0) is 16.8. The third-order valence-corrected chi connectivity index (χ3v) is 4.06. The Balaban J connectivity index is 1.66. The molecule has 0 bridgehead atoms. The summed E-state index contributed by atoms with van der Waals surface area (Å²) in [6.07, 6.45) is 3.42. The summed E-state index contributed by atoms with van der Waals surface area (Å²) >= 11 is 3.40. The molecule has 0 aliphatic heterocycles. The fraction of sp³-hybridized carbons (Fsp3) is 0. The van der Waals surface area contributed by atoms with Crippen molar-refractivity contribution in [3.63, 3.8) is 0 Å². The van der Waals surface area contributed by atoms with Crippen molar-refractivity contribution in [3.05, 3.63) is 101 Å². The molecular formula is C21H16BrNO. The average Bonchev–Trinajstić information content (AvgIpc) is 2.62. The number of hydrogen-bond acceptors (Lipinski definition) is 2. The molecule has 0 saturated carbocycles. The van der Waals surface area contributed by atoms with Crippen LogP contribution >= 0.6 is 15.9 Å². The van der Waals surface area contributed by atoms with E-state index in [4.69, 9.17) is 0 Å². The van der Waals surface area contributed by atoms with Gasteiger partial charge in [-0.15, -0.1) is 0 Å². The molecular weight excluding hydrogens is 362 g/mol. The van der Waals surface area contributed by atoms with Crippen LogP contribution in [0.5, 0.6) is 0 Å². The maximum Gasteiger partial charge on any atom is 0.185 e. The van der Waals surface area contributed by atoms with Crippen LogP contribution < -0.4 is 5.32 Å². The Labute approximate surface area is 150 Å². The van der Waals surface area contributed by atoms with E-state index in [9.17, 15) is 4.79 Å². The van der Waals surface area contributed by atoms with Gasteiger partial charge in [0.2, 0.25) is 0 Å². The summed E-state index contributed by atoms with van der Waals surface area (Å²) in [6, 6.07) is 25.2. The normalized spacial score (nSPS) is 10.7. The molecule has 0 atom stereocenters. The zero-order valence-corrected chi connectivity index (χ0v) is 14.5. The van der Waals surface area contributed by atoms with Gasteiger partial charge in [0, 0.05) is 21.4 Å². The minimum Gasteiger partial charge on any atom is -0.356 e. The molecule has 0 spiro atoms. The molecule has 3 aromatic carbocycles. The summed E-state index contributed by atoms with van der Waals surface area (Å²) < 4.78 is 1.02. The molecule has 3 rings (SSSR count). The second kappa shape index (κ2) is 7.75. The highest BCUT2D eigenvalue weighted by Gasteiger charge is 2.02. The summed E-state index contributed by atoms with van der Waals surface area (Å²) in [5.41, 5.74) is 3.64. The number of allylic oxidation sites excluding steroid dienone is 1. The van der Waals surface area contributed by atoms with Gasteiger partial charge in [0.1, 0.15) is 0 Å². The van der Waals surface area contributed by atoms with Gasteiger partial charge in [0.25, 0.3) is 0 Å². The van der Waals surface area contributed by atoms with Gasteiger partial charge in [0.15, 0.2) is 5.78 Å². The van der Waals surface area contributed by atoms with Gasteiger partial charge in [-0.05, 0) is 60.2 Å². The maximum atomic E-state index is 12.2. The molecule has 3 heteroatoms. The fourth-order valence-corrected chi connectivity index (χ4v) is 2.51. The first-order valence-electron chi connectivity index (χ1n) is 7.61. The second-order valence-corrected chi connectivity index (χ2v) is 6.23. The van der Waals surface area contributed by atoms with Crippen molar-refractivity contribution in [2.24, 2.45) is 0 Å². The Morgan fingerprint density at radius 2 is 1.42 bits per heavy atom. The molecule has 0 unspecified atom stereocenters. The quantitative estimate of drug-likeness (QED) is 0.430. The molecule has 0 radical (unpaired) electrons. The highest BCUT2D eigenvalue weighted by Crippen LogP contribution is 2.17. The van der Waals surface area contributed by atoms with Crippen molar-refractivity contribution in [1.29, 1.82) is 0 Å². The zero-order valence-electron chi connectivity index (χ0n) is 12.9. The molecule has 118 valence electrons. The van der Waals surface area contributed by atoms with Crippen LogP contribution in [-0.4, -0.2) is 5.78 Å². The van der Waals surface area contributed by atoms with Crippen LogP contribution in [0, 0.1) is 0 Å². The number of ketones is 1. The number of carbonyl (C=O) groups excluding carboxylic acids is 1. The Morgan fingerprint density at radius 1 is 0.792 bits per heavy atom. The van der Waals surface area contributed by atoms with E-state index in [-0.39, 0.29) is 5.78 Å². The molecule has 2 nitrogen and oxygen atoms in total. The van der Waals surface area contributed by atoms with Crippen molar-refractivity contribution >= 4 is 39.2 Å². The lowest BCUT2D eigenvalue weighted by molar-refractivity contribution is 0.104. The number of carbonyl (C=O) groups is 1. The predicted molar refractivity (Wildman–Crippen MR) is 104 cm³/mol. The first-order valence-corrected chi connectivity index (χ1v) is 8.40. The van der Waals surface area contributed by atoms with E-state index >= 15 is 0 Å². The first kappa shape index (κ1) is 16.2. The van der Waals surface area contributed by atoms with E-state index < -0.39 is 0 Å². The van der Waals surface area contributed by atoms with E-state index in [2.05, 4.69) is 21.2 Å². The number of hydrogen-bond donors (Lipinski definition) is 1. The van der Waals surface area contributed by atoms with E-state index in [1.807, 2.05) is 84.9 Å². The van der Waals surface area contributed by atoms with E-state index in [0.717, 1.165) is 21.4 Å². The summed E-state index contributed by atoms with van der Waals surface area (Å²) in [7, 11) is 0. The standard InChI is InChI=1S/C21H16BrNO/c22-18-11-6-16(7-12-18)8-15-21(24)17-9-13-20(14-10-17)23-19-4-2-1-3-5-19/h1-15,23H/b15-8+. The molecule has 0 aliphatic carbocycles. The molecule has 0 aliphatic rings. The Morgan fingerprint density at radius 3 is 2.08 bits per heavy atom. The van der Waals surface area contributed by atoms with E-state index in [1.54, 1.807) is 6.08 Å². The van der Waals surface area contributed by atoms with E-state index in [0.29, 0.717) is 5.56 Å². The van der Waals surface area contributed by atoms with Crippen LogP contribution in [0.1, 0.15) is 15.9 Å². The van der Waals surface area contributed by atoms with Crippen molar-refractivity contribution < 1.29 is 4.79 Å². The highest BCUT2D eigenvalue weighted by atomic mass is 79.9. The average molecular weight is 378 g/mol. The lowest BCUT2D eigenvalue weighted by atomic mass is 10.1. The molecule has 0 heterocycles. The molecule has 0 amide bonds. The van der Waals surface area contributed by atoms with Crippen LogP contribution in [0.3, 0.4) is 0 Å². The largest absolute Gasteiger partial charge is 0.356 e. The monoisotopic (exact) mass is 377 g/mol. The lowest BCUT2D eigenvalue weighted by Crippen LogP contribution is -1.95. The first-order chi connectivity index (χ1) is 11.7. The molecule has 1 N–H and O–H groups in total. The van der Waals surface area contributed by atoms with E-state index in [1.165, 1.54) is 0 Å². The topological polar surface area (TPSA) is 29.1 Å². The number of para-hydroxylation sites is 1. The molecule has 0 fully saturated rings. The maximum absolute atomic E-state index is 12.2. The van der Waals surface area contributed by atoms with Gasteiger partial charge in [0.05, 0.1) is 0 Å². The lowest BCUT2D eigenvalue weighted by Gasteiger charge is -2.06. The van der Waals surface area contributed by atoms with Gasteiger partial charge in [-0.2, -0.15) is 0 Å². The second-order valence-electron chi connectivity index (χ2n) is 5.32. The third kappa shape index (κ3) is 4.43. The van der Waals surface area contributed by atoms with Crippen molar-refractivity contribution in [2.45, 2.75) is 0 Å². The van der Waals surface area contributed by atoms with Crippen LogP contribution in [0.2, 0.25) is 0 Å². The summed E-state index contributed by atoms with van der Waals surface area (Å²) in [5, 5.41) is 3.30. The SMILES string of the molecule is O=C(/C=C/c1ccc(Br)cc1)c1ccc(Nc2ccccc2)cc1. The summed E-state index contributed by atoms with van der Waals surface area (Å²) in [4.78, 5) is 12.2. The number of nitrogens with one attached hydrogen (secondary N) is 1. The third-order valence-electron chi connectivity index (χ3n) is 3.53. The number of halogens is 1. The number of rotatable bonds is 5. The smallest absolute Gasteiger partial charge is 0.185 e. The minimum absolute atomic E-state index is 0.0100. The number of benzene rings is 3. The fourth-order valence-electron chi connectivity index (χ4n) is 2.25. The van der Waals surface area contributed by atoms with Crippen LogP contribution in [0.4, 0.5) is 11.4 Å². The summed E-state index contributed by atoms with van der Waals surface area (Å²) in [5.74, 6) is -0.0100. The molecule has 24 heavy (non-hydrogen) atoms. The van der Waals surface area contributed by atoms with Crippen molar-refractivity contribution in [2.75, 3.05) is 5.32 Å². The minimum atomic E-state index is -0.0100. The summed E-state index contributed by atoms with van der Waals surface area (Å²) in [6.45, 7) is 0. The van der Waals surface area contributed by atoms with Gasteiger partial charge in [-0.25, -0.2) is 0 Å². The predicted octanol–water partition coefficient (Wildman–Crippen LogP) is 6.09. The number of anilines is 2. The molecule has 0 saturated heterocycles. The van der Waals surface area contributed by atoms with Gasteiger partial charge < -0.3 is 5.32 Å². The van der Waals surface area contributed by atoms with Gasteiger partial charge in [-0.1, -0.05) is 52.3 Å². The molecule has 0 aromatic heterocycles. The van der Waals surface area contributed by atoms with Crippen LogP contribution in [0.25, 0.3) is 6.08 Å². The van der Waals surface area contributed by atoms with Gasteiger partial charge in [-0.3, -0.25) is 4.79 Å². The van der Waals surface area contributed by atoms with Crippen molar-refractivity contribution in [3.8, 4) is 0 Å². The highest BCUT2D eigenvalue weighted by molar-refractivity contribution is 9.10. The van der Waals surface area contributed by atoms with Crippen LogP contribution in [-0.2, 0) is 0 Å². The Bertz CT molecular complexity index is 837. The molecule has 3 aromatic rings. The van der Waals surface area contributed by atoms with Crippen molar-refractivity contribution in [1.82, 2.24) is 0 Å². The Kier molecular flexibility index (Phi) is 5.24.